The van der Waals surface area contributed by atoms with Crippen molar-refractivity contribution in [1.29, 1.82) is 0 Å². The molecule has 0 aliphatic rings. The lowest BCUT2D eigenvalue weighted by molar-refractivity contribution is -0.0506. The van der Waals surface area contributed by atoms with Crippen LogP contribution in [0.25, 0.3) is 0 Å². The van der Waals surface area contributed by atoms with Gasteiger partial charge in [-0.2, -0.15) is 8.78 Å². The molecule has 0 amide bonds. The Hall–Kier alpha value is -3.10. The molecule has 6 nitrogen and oxygen atoms in total. The summed E-state index contributed by atoms with van der Waals surface area (Å²) >= 11 is 0. The summed E-state index contributed by atoms with van der Waals surface area (Å²) in [6.45, 7) is -2.72. The van der Waals surface area contributed by atoms with Crippen molar-refractivity contribution in [2.24, 2.45) is 4.99 Å². The van der Waals surface area contributed by atoms with Crippen LogP contribution in [0.5, 0.6) is 17.2 Å². The molecule has 2 aromatic rings. The molecule has 0 radical (unpaired) electrons. The Labute approximate surface area is 161 Å². The van der Waals surface area contributed by atoms with Crippen molar-refractivity contribution in [3.63, 3.8) is 0 Å². The monoisotopic (exact) mass is 397 g/mol. The van der Waals surface area contributed by atoms with Gasteiger partial charge in [-0.15, -0.1) is 0 Å². The predicted molar refractivity (Wildman–Crippen MR) is 99.6 cm³/mol. The molecule has 28 heavy (non-hydrogen) atoms. The fourth-order valence-corrected chi connectivity index (χ4v) is 2.49. The molecule has 0 bridgehead atoms. The van der Waals surface area contributed by atoms with Gasteiger partial charge in [0.1, 0.15) is 11.6 Å². The highest BCUT2D eigenvalue weighted by Gasteiger charge is 2.14. The second-order valence-electron chi connectivity index (χ2n) is 5.56. The summed E-state index contributed by atoms with van der Waals surface area (Å²) in [6.07, 6.45) is 0. The summed E-state index contributed by atoms with van der Waals surface area (Å²) in [5.41, 5.74) is 0.880. The first-order valence-corrected chi connectivity index (χ1v) is 8.36. The molecule has 2 N–H and O–H groups in total. The van der Waals surface area contributed by atoms with Crippen molar-refractivity contribution in [2.75, 3.05) is 21.3 Å². The molecule has 0 spiro atoms. The summed E-state index contributed by atoms with van der Waals surface area (Å²) in [4.78, 5) is 4.04. The van der Waals surface area contributed by atoms with E-state index in [1.807, 2.05) is 12.1 Å². The number of guanidine groups is 1. The minimum atomic E-state index is -3.04. The molecule has 2 rings (SSSR count). The average Bonchev–Trinajstić information content (AvgIpc) is 2.69. The Morgan fingerprint density at radius 2 is 1.71 bits per heavy atom. The van der Waals surface area contributed by atoms with Gasteiger partial charge in [-0.25, -0.2) is 4.39 Å². The Morgan fingerprint density at radius 3 is 2.36 bits per heavy atom. The van der Waals surface area contributed by atoms with Gasteiger partial charge >= 0.3 is 6.61 Å². The van der Waals surface area contributed by atoms with Crippen molar-refractivity contribution in [1.82, 2.24) is 10.6 Å². The number of alkyl halides is 2. The highest BCUT2D eigenvalue weighted by Crippen LogP contribution is 2.27. The second-order valence-corrected chi connectivity index (χ2v) is 5.56. The van der Waals surface area contributed by atoms with E-state index in [1.165, 1.54) is 18.2 Å². The maximum atomic E-state index is 14.0. The second kappa shape index (κ2) is 10.3. The van der Waals surface area contributed by atoms with E-state index < -0.39 is 12.4 Å². The minimum Gasteiger partial charge on any atom is -0.493 e. The first kappa shape index (κ1) is 21.2. The zero-order chi connectivity index (χ0) is 20.5. The van der Waals surface area contributed by atoms with E-state index in [2.05, 4.69) is 20.4 Å². The summed E-state index contributed by atoms with van der Waals surface area (Å²) in [6, 6.07) is 9.21. The molecule has 0 aliphatic carbocycles. The van der Waals surface area contributed by atoms with Gasteiger partial charge in [0.15, 0.2) is 17.5 Å². The topological polar surface area (TPSA) is 64.1 Å². The van der Waals surface area contributed by atoms with Crippen molar-refractivity contribution >= 4 is 5.96 Å². The van der Waals surface area contributed by atoms with Gasteiger partial charge in [-0.05, 0) is 29.8 Å². The van der Waals surface area contributed by atoms with Crippen LogP contribution < -0.4 is 24.8 Å². The third-order valence-electron chi connectivity index (χ3n) is 3.86. The van der Waals surface area contributed by atoms with Crippen molar-refractivity contribution < 1.29 is 27.4 Å². The van der Waals surface area contributed by atoms with E-state index in [0.717, 1.165) is 5.56 Å². The van der Waals surface area contributed by atoms with Gasteiger partial charge in [0.2, 0.25) is 0 Å². The maximum absolute atomic E-state index is 14.0. The van der Waals surface area contributed by atoms with E-state index in [1.54, 1.807) is 27.3 Å². The van der Waals surface area contributed by atoms with Crippen LogP contribution in [0.1, 0.15) is 11.1 Å². The smallest absolute Gasteiger partial charge is 0.387 e. The van der Waals surface area contributed by atoms with Gasteiger partial charge in [0, 0.05) is 25.7 Å². The number of nitrogens with one attached hydrogen (secondary N) is 2. The van der Waals surface area contributed by atoms with Crippen LogP contribution in [0.3, 0.4) is 0 Å². The fourth-order valence-electron chi connectivity index (χ4n) is 2.49. The molecular weight excluding hydrogens is 375 g/mol. The zero-order valence-electron chi connectivity index (χ0n) is 15.8. The van der Waals surface area contributed by atoms with E-state index in [-0.39, 0.29) is 17.9 Å². The highest BCUT2D eigenvalue weighted by atomic mass is 19.3. The number of hydrogen-bond acceptors (Lipinski definition) is 4. The Morgan fingerprint density at radius 1 is 1.00 bits per heavy atom. The first-order valence-electron chi connectivity index (χ1n) is 8.36. The molecule has 0 fully saturated rings. The maximum Gasteiger partial charge on any atom is 0.387 e. The van der Waals surface area contributed by atoms with Crippen LogP contribution >= 0.6 is 0 Å². The quantitative estimate of drug-likeness (QED) is 0.529. The summed E-state index contributed by atoms with van der Waals surface area (Å²) in [5.74, 6) is 0.685. The van der Waals surface area contributed by atoms with Crippen LogP contribution in [0.4, 0.5) is 13.2 Å². The van der Waals surface area contributed by atoms with Crippen molar-refractivity contribution in [2.45, 2.75) is 19.7 Å². The largest absolute Gasteiger partial charge is 0.493 e. The van der Waals surface area contributed by atoms with Gasteiger partial charge < -0.3 is 24.8 Å². The lowest BCUT2D eigenvalue weighted by Gasteiger charge is -2.15. The summed E-state index contributed by atoms with van der Waals surface area (Å²) in [7, 11) is 4.64. The summed E-state index contributed by atoms with van der Waals surface area (Å²) < 4.78 is 53.8. The van der Waals surface area contributed by atoms with Crippen LogP contribution in [0, 0.1) is 5.82 Å². The molecule has 2 aromatic carbocycles. The molecule has 0 aromatic heterocycles. The van der Waals surface area contributed by atoms with Gasteiger partial charge in [-0.3, -0.25) is 4.99 Å². The van der Waals surface area contributed by atoms with Crippen molar-refractivity contribution in [3.8, 4) is 17.2 Å². The molecule has 0 saturated carbocycles. The normalized spacial score (nSPS) is 11.3. The summed E-state index contributed by atoms with van der Waals surface area (Å²) in [5, 5.41) is 5.94. The number of rotatable bonds is 8. The number of halogens is 3. The molecule has 0 heterocycles. The number of benzene rings is 2. The molecular formula is C19H22F3N3O3. The van der Waals surface area contributed by atoms with Gasteiger partial charge in [0.05, 0.1) is 14.2 Å². The number of methoxy groups -OCH3 is 2. The van der Waals surface area contributed by atoms with Crippen molar-refractivity contribution in [3.05, 3.63) is 53.3 Å². The lowest BCUT2D eigenvalue weighted by atomic mass is 10.2. The highest BCUT2D eigenvalue weighted by molar-refractivity contribution is 5.79. The molecule has 0 saturated heterocycles. The van der Waals surface area contributed by atoms with E-state index in [9.17, 15) is 13.2 Å². The lowest BCUT2D eigenvalue weighted by Crippen LogP contribution is -2.36. The van der Waals surface area contributed by atoms with E-state index in [4.69, 9.17) is 9.47 Å². The van der Waals surface area contributed by atoms with Gasteiger partial charge in [0.25, 0.3) is 0 Å². The standard InChI is InChI=1S/C19H22F3N3O3/c1-23-19(24-10-12-7-8-16(26-2)17(9-12)27-3)25-11-13-14(20)5-4-6-15(13)28-18(21)22/h4-9,18H,10-11H2,1-3H3,(H2,23,24,25). The zero-order valence-corrected chi connectivity index (χ0v) is 15.8. The Kier molecular flexibility index (Phi) is 7.79. The molecule has 0 unspecified atom stereocenters. The third-order valence-corrected chi connectivity index (χ3v) is 3.86. The molecule has 9 heteroatoms. The van der Waals surface area contributed by atoms with Crippen LogP contribution in [-0.2, 0) is 13.1 Å². The molecule has 0 atom stereocenters. The first-order chi connectivity index (χ1) is 13.5. The van der Waals surface area contributed by atoms with E-state index >= 15 is 0 Å². The molecule has 0 aliphatic heterocycles. The Balaban J connectivity index is 2.01. The fraction of sp³-hybridized carbons (Fsp3) is 0.316. The minimum absolute atomic E-state index is 0.0168. The van der Waals surface area contributed by atoms with Crippen LogP contribution in [-0.4, -0.2) is 33.8 Å². The molecule has 152 valence electrons. The predicted octanol–water partition coefficient (Wildman–Crippen LogP) is 3.31. The number of aliphatic imine (C=N–C) groups is 1. The average molecular weight is 397 g/mol. The number of nitrogens with zero attached hydrogens (tertiary/aromatic N) is 1. The van der Waals surface area contributed by atoms with Gasteiger partial charge in [-0.1, -0.05) is 12.1 Å². The Bertz CT molecular complexity index is 816. The number of hydrogen-bond donors (Lipinski definition) is 2. The SMILES string of the molecule is CN=C(NCc1ccc(OC)c(OC)c1)NCc1c(F)cccc1OC(F)F. The van der Waals surface area contributed by atoms with Crippen LogP contribution in [0.2, 0.25) is 0 Å². The van der Waals surface area contributed by atoms with Crippen LogP contribution in [0.15, 0.2) is 41.4 Å². The van der Waals surface area contributed by atoms with E-state index in [0.29, 0.717) is 24.0 Å². The third kappa shape index (κ3) is 5.70. The number of ether oxygens (including phenoxy) is 3.